The number of amides is 2. The van der Waals surface area contributed by atoms with E-state index in [0.29, 0.717) is 34.3 Å². The van der Waals surface area contributed by atoms with Crippen LogP contribution < -0.4 is 16.2 Å². The van der Waals surface area contributed by atoms with Crippen LogP contribution in [-0.4, -0.2) is 43.3 Å². The Morgan fingerprint density at radius 2 is 1.77 bits per heavy atom. The number of carbonyl (C=O) groups is 2. The number of anilines is 1. The lowest BCUT2D eigenvalue weighted by Gasteiger charge is -2.12. The van der Waals surface area contributed by atoms with Crippen molar-refractivity contribution in [1.29, 1.82) is 0 Å². The minimum absolute atomic E-state index is 0.125. The number of carbonyl (C=O) groups excluding carboxylic acids is 2. The third-order valence-corrected chi connectivity index (χ3v) is 6.43. The van der Waals surface area contributed by atoms with Crippen molar-refractivity contribution < 1.29 is 9.59 Å². The van der Waals surface area contributed by atoms with Gasteiger partial charge in [0, 0.05) is 25.2 Å². The van der Waals surface area contributed by atoms with Gasteiger partial charge in [-0.3, -0.25) is 23.4 Å². The van der Waals surface area contributed by atoms with Gasteiger partial charge < -0.3 is 10.6 Å². The number of hydrogen-bond acceptors (Lipinski definition) is 6. The highest BCUT2D eigenvalue weighted by Gasteiger charge is 2.18. The highest BCUT2D eigenvalue weighted by molar-refractivity contribution is 7.99. The first-order valence-corrected chi connectivity index (χ1v) is 12.5. The van der Waals surface area contributed by atoms with Gasteiger partial charge in [0.15, 0.2) is 5.16 Å². The molecule has 9 nitrogen and oxygen atoms in total. The highest BCUT2D eigenvalue weighted by Crippen LogP contribution is 2.22. The third kappa shape index (κ3) is 5.54. The molecule has 182 valence electrons. The minimum atomic E-state index is -0.231. The van der Waals surface area contributed by atoms with E-state index in [1.165, 1.54) is 16.3 Å². The Hall–Kier alpha value is -3.66. The van der Waals surface area contributed by atoms with Crippen LogP contribution in [0.25, 0.3) is 16.7 Å². The van der Waals surface area contributed by atoms with E-state index >= 15 is 0 Å². The molecule has 0 saturated carbocycles. The molecule has 35 heavy (non-hydrogen) atoms. The quantitative estimate of drug-likeness (QED) is 0.347. The van der Waals surface area contributed by atoms with Crippen molar-refractivity contribution in [3.8, 4) is 0 Å². The van der Waals surface area contributed by atoms with Crippen molar-refractivity contribution >= 4 is 45.9 Å². The summed E-state index contributed by atoms with van der Waals surface area (Å²) in [7, 11) is 0. The summed E-state index contributed by atoms with van der Waals surface area (Å²) in [6.07, 6.45) is 0.148. The molecule has 4 aromatic rings. The molecule has 2 aromatic carbocycles. The molecule has 0 aliphatic heterocycles. The van der Waals surface area contributed by atoms with Gasteiger partial charge in [0.2, 0.25) is 17.6 Å². The summed E-state index contributed by atoms with van der Waals surface area (Å²) in [5.74, 6) is 0.514. The summed E-state index contributed by atoms with van der Waals surface area (Å²) >= 11 is 1.24. The van der Waals surface area contributed by atoms with Crippen LogP contribution in [0, 0.1) is 12.8 Å². The fraction of sp³-hybridized carbons (Fsp3) is 0.320. The summed E-state index contributed by atoms with van der Waals surface area (Å²) in [4.78, 5) is 38.1. The number of rotatable bonds is 9. The average molecular weight is 493 g/mol. The Kier molecular flexibility index (Phi) is 7.50. The number of aromatic nitrogens is 4. The molecule has 0 spiro atoms. The first-order chi connectivity index (χ1) is 16.8. The standard InChI is InChI=1S/C25H28N6O3S/c1-16(2)14-26-21(32)12-13-30-23(34)18-9-5-7-11-20(18)31-24(30)28-29-25(31)35-15-22(33)27-19-10-6-4-8-17(19)3/h4-11,16H,12-15H2,1-3H3,(H,26,32)(H,27,33). The van der Waals surface area contributed by atoms with Gasteiger partial charge in [-0.1, -0.05) is 55.9 Å². The Labute approximate surface area is 206 Å². The largest absolute Gasteiger partial charge is 0.356 e. The van der Waals surface area contributed by atoms with Crippen LogP contribution in [0.15, 0.2) is 58.5 Å². The Morgan fingerprint density at radius 3 is 2.54 bits per heavy atom. The van der Waals surface area contributed by atoms with E-state index in [0.717, 1.165) is 11.3 Å². The molecule has 0 bridgehead atoms. The molecule has 0 fully saturated rings. The SMILES string of the molecule is Cc1ccccc1NC(=O)CSc1nnc2n(CCC(=O)NCC(C)C)c(=O)c3ccccc3n12. The Bertz CT molecular complexity index is 1440. The van der Waals surface area contributed by atoms with Crippen molar-refractivity contribution in [3.63, 3.8) is 0 Å². The molecule has 2 amide bonds. The number of para-hydroxylation sites is 2. The van der Waals surface area contributed by atoms with E-state index in [1.54, 1.807) is 16.5 Å². The summed E-state index contributed by atoms with van der Waals surface area (Å²) in [5.41, 5.74) is 2.16. The van der Waals surface area contributed by atoms with Gasteiger partial charge in [0.25, 0.3) is 5.56 Å². The molecule has 2 N–H and O–H groups in total. The van der Waals surface area contributed by atoms with Gasteiger partial charge in [0.1, 0.15) is 0 Å². The molecule has 0 radical (unpaired) electrons. The van der Waals surface area contributed by atoms with E-state index in [1.807, 2.05) is 57.2 Å². The molecule has 2 aromatic heterocycles. The number of aryl methyl sites for hydroxylation is 2. The molecular weight excluding hydrogens is 464 g/mol. The normalized spacial score (nSPS) is 11.3. The number of hydrogen-bond donors (Lipinski definition) is 2. The van der Waals surface area contributed by atoms with Crippen molar-refractivity contribution in [3.05, 3.63) is 64.4 Å². The van der Waals surface area contributed by atoms with Crippen molar-refractivity contribution in [2.75, 3.05) is 17.6 Å². The zero-order valence-electron chi connectivity index (χ0n) is 19.9. The number of nitrogens with zero attached hydrogens (tertiary/aromatic N) is 4. The van der Waals surface area contributed by atoms with Gasteiger partial charge in [-0.15, -0.1) is 10.2 Å². The molecule has 0 aliphatic carbocycles. The highest BCUT2D eigenvalue weighted by atomic mass is 32.2. The smallest absolute Gasteiger partial charge is 0.262 e. The Morgan fingerprint density at radius 1 is 1.03 bits per heavy atom. The molecule has 0 unspecified atom stereocenters. The molecule has 10 heteroatoms. The number of benzene rings is 2. The second-order valence-corrected chi connectivity index (χ2v) is 9.63. The molecule has 2 heterocycles. The minimum Gasteiger partial charge on any atom is -0.356 e. The predicted molar refractivity (Wildman–Crippen MR) is 138 cm³/mol. The zero-order chi connectivity index (χ0) is 24.9. The van der Waals surface area contributed by atoms with E-state index in [9.17, 15) is 14.4 Å². The molecule has 4 rings (SSSR count). The third-order valence-electron chi connectivity index (χ3n) is 5.50. The molecule has 0 aliphatic rings. The molecule has 0 saturated heterocycles. The first-order valence-electron chi connectivity index (χ1n) is 11.5. The molecular formula is C25H28N6O3S. The second kappa shape index (κ2) is 10.7. The maximum atomic E-state index is 13.2. The van der Waals surface area contributed by atoms with Crippen molar-refractivity contribution in [1.82, 2.24) is 24.5 Å². The lowest BCUT2D eigenvalue weighted by molar-refractivity contribution is -0.121. The molecule has 0 atom stereocenters. The summed E-state index contributed by atoms with van der Waals surface area (Å²) in [5, 5.41) is 15.3. The van der Waals surface area contributed by atoms with Crippen LogP contribution in [0.5, 0.6) is 0 Å². The van der Waals surface area contributed by atoms with Crippen molar-refractivity contribution in [2.45, 2.75) is 38.9 Å². The zero-order valence-corrected chi connectivity index (χ0v) is 20.8. The topological polar surface area (TPSA) is 110 Å². The van der Waals surface area contributed by atoms with E-state index in [2.05, 4.69) is 20.8 Å². The fourth-order valence-electron chi connectivity index (χ4n) is 3.68. The van der Waals surface area contributed by atoms with Crippen LogP contribution in [0.3, 0.4) is 0 Å². The second-order valence-electron chi connectivity index (χ2n) is 8.69. The maximum Gasteiger partial charge on any atom is 0.262 e. The van der Waals surface area contributed by atoms with E-state index in [4.69, 9.17) is 0 Å². The monoisotopic (exact) mass is 492 g/mol. The fourth-order valence-corrected chi connectivity index (χ4v) is 4.42. The maximum absolute atomic E-state index is 13.2. The summed E-state index contributed by atoms with van der Waals surface area (Å²) < 4.78 is 3.25. The average Bonchev–Trinajstić information content (AvgIpc) is 3.27. The van der Waals surface area contributed by atoms with E-state index < -0.39 is 0 Å². The predicted octanol–water partition coefficient (Wildman–Crippen LogP) is 3.25. The van der Waals surface area contributed by atoms with Crippen LogP contribution in [0.2, 0.25) is 0 Å². The van der Waals surface area contributed by atoms with Gasteiger partial charge in [-0.2, -0.15) is 0 Å². The van der Waals surface area contributed by atoms with Crippen LogP contribution in [-0.2, 0) is 16.1 Å². The van der Waals surface area contributed by atoms with Gasteiger partial charge >= 0.3 is 0 Å². The van der Waals surface area contributed by atoms with Gasteiger partial charge in [-0.05, 0) is 36.6 Å². The number of nitrogens with one attached hydrogen (secondary N) is 2. The summed E-state index contributed by atoms with van der Waals surface area (Å²) in [6.45, 7) is 6.73. The number of fused-ring (bicyclic) bond motifs is 3. The lowest BCUT2D eigenvalue weighted by atomic mass is 10.2. The Balaban J connectivity index is 1.60. The summed E-state index contributed by atoms with van der Waals surface area (Å²) in [6, 6.07) is 14.8. The van der Waals surface area contributed by atoms with Crippen LogP contribution in [0.1, 0.15) is 25.8 Å². The van der Waals surface area contributed by atoms with Crippen LogP contribution in [0.4, 0.5) is 5.69 Å². The van der Waals surface area contributed by atoms with Gasteiger partial charge in [-0.25, -0.2) is 0 Å². The van der Waals surface area contributed by atoms with Crippen molar-refractivity contribution in [2.24, 2.45) is 5.92 Å². The van der Waals surface area contributed by atoms with Crippen LogP contribution >= 0.6 is 11.8 Å². The first kappa shape index (κ1) is 24.5. The van der Waals surface area contributed by atoms with Gasteiger partial charge in [0.05, 0.1) is 16.7 Å². The van der Waals surface area contributed by atoms with E-state index in [-0.39, 0.29) is 36.1 Å². The lowest BCUT2D eigenvalue weighted by Crippen LogP contribution is -2.30. The number of thioether (sulfide) groups is 1.